The molecule has 0 bridgehead atoms. The summed E-state index contributed by atoms with van der Waals surface area (Å²) in [4.78, 5) is 9.13. The fourth-order valence-electron chi connectivity index (χ4n) is 2.50. The van der Waals surface area contributed by atoms with E-state index in [1.165, 1.54) is 0 Å². The molecular formula is C18H18ClN2O3P. The van der Waals surface area contributed by atoms with E-state index in [-0.39, 0.29) is 18.6 Å². The smallest absolute Gasteiger partial charge is 0.304 e. The summed E-state index contributed by atoms with van der Waals surface area (Å²) in [6.45, 7) is 4.06. The zero-order chi connectivity index (χ0) is 17.9. The largest absolute Gasteiger partial charge is 0.380 e. The second-order valence-electron chi connectivity index (χ2n) is 5.23. The number of halogens is 1. The molecule has 3 aromatic rings. The summed E-state index contributed by atoms with van der Waals surface area (Å²) in [7, 11) is -3.55. The second kappa shape index (κ2) is 7.63. The summed E-state index contributed by atoms with van der Waals surface area (Å²) in [6.07, 6.45) is 0. The maximum Gasteiger partial charge on any atom is 0.380 e. The standard InChI is InChI=1S/C18H18ClN2O3P/c1-3-23-25(22,24-4-2)18-15-7-5-6-8-16(15)20-17(21-18)13-9-11-14(19)12-10-13/h5-12H,3-4H2,1-2H3. The third-order valence-corrected chi connectivity index (χ3v) is 5.85. The Morgan fingerprint density at radius 3 is 2.24 bits per heavy atom. The molecule has 0 spiro atoms. The van der Waals surface area contributed by atoms with E-state index in [4.69, 9.17) is 20.6 Å². The van der Waals surface area contributed by atoms with Gasteiger partial charge >= 0.3 is 7.60 Å². The summed E-state index contributed by atoms with van der Waals surface area (Å²) < 4.78 is 24.3. The molecule has 0 radical (unpaired) electrons. The van der Waals surface area contributed by atoms with Gasteiger partial charge in [-0.25, -0.2) is 9.97 Å². The van der Waals surface area contributed by atoms with Gasteiger partial charge in [-0.2, -0.15) is 0 Å². The van der Waals surface area contributed by atoms with E-state index in [9.17, 15) is 4.57 Å². The third kappa shape index (κ3) is 3.75. The van der Waals surface area contributed by atoms with Crippen LogP contribution in [0.5, 0.6) is 0 Å². The Kier molecular flexibility index (Phi) is 5.50. The van der Waals surface area contributed by atoms with E-state index in [1.54, 1.807) is 26.0 Å². The SMILES string of the molecule is CCOP(=O)(OCC)c1nc(-c2ccc(Cl)cc2)nc2ccccc12. The highest BCUT2D eigenvalue weighted by Crippen LogP contribution is 2.48. The number of rotatable bonds is 6. The maximum absolute atomic E-state index is 13.3. The van der Waals surface area contributed by atoms with Crippen LogP contribution < -0.4 is 5.44 Å². The number of hydrogen-bond acceptors (Lipinski definition) is 5. The molecule has 0 N–H and O–H groups in total. The molecule has 2 aromatic carbocycles. The van der Waals surface area contributed by atoms with Crippen molar-refractivity contribution >= 4 is 35.5 Å². The first-order valence-corrected chi connectivity index (χ1v) is 9.92. The van der Waals surface area contributed by atoms with E-state index < -0.39 is 7.60 Å². The fourth-order valence-corrected chi connectivity index (χ4v) is 4.32. The predicted molar refractivity (Wildman–Crippen MR) is 100 cm³/mol. The van der Waals surface area contributed by atoms with Crippen LogP contribution in [0.3, 0.4) is 0 Å². The van der Waals surface area contributed by atoms with E-state index in [0.717, 1.165) is 5.56 Å². The van der Waals surface area contributed by atoms with Gasteiger partial charge in [-0.1, -0.05) is 29.8 Å². The molecule has 0 saturated carbocycles. The first-order valence-electron chi connectivity index (χ1n) is 8.00. The molecule has 0 amide bonds. The highest BCUT2D eigenvalue weighted by molar-refractivity contribution is 7.62. The van der Waals surface area contributed by atoms with Crippen molar-refractivity contribution in [3.8, 4) is 11.4 Å². The zero-order valence-corrected chi connectivity index (χ0v) is 15.6. The molecule has 0 saturated heterocycles. The summed E-state index contributed by atoms with van der Waals surface area (Å²) in [5.74, 6) is 0.449. The summed E-state index contributed by atoms with van der Waals surface area (Å²) >= 11 is 5.96. The zero-order valence-electron chi connectivity index (χ0n) is 14.0. The number of fused-ring (bicyclic) bond motifs is 1. The Labute approximate surface area is 151 Å². The quantitative estimate of drug-likeness (QED) is 0.576. The minimum atomic E-state index is -3.55. The molecule has 130 valence electrons. The van der Waals surface area contributed by atoms with Gasteiger partial charge in [0.25, 0.3) is 0 Å². The van der Waals surface area contributed by atoms with Crippen molar-refractivity contribution < 1.29 is 13.6 Å². The molecule has 0 aliphatic rings. The van der Waals surface area contributed by atoms with Crippen LogP contribution in [0.2, 0.25) is 5.02 Å². The van der Waals surface area contributed by atoms with Gasteiger partial charge < -0.3 is 9.05 Å². The van der Waals surface area contributed by atoms with Crippen LogP contribution in [0.25, 0.3) is 22.3 Å². The fraction of sp³-hybridized carbons (Fsp3) is 0.222. The van der Waals surface area contributed by atoms with Crippen LogP contribution in [0.4, 0.5) is 0 Å². The lowest BCUT2D eigenvalue weighted by Crippen LogP contribution is -2.17. The molecular weight excluding hydrogens is 359 g/mol. The molecule has 5 nitrogen and oxygen atoms in total. The number of para-hydroxylation sites is 1. The molecule has 1 heterocycles. The summed E-state index contributed by atoms with van der Waals surface area (Å²) in [6, 6.07) is 14.6. The predicted octanol–water partition coefficient (Wildman–Crippen LogP) is 4.84. The lowest BCUT2D eigenvalue weighted by atomic mass is 10.2. The van der Waals surface area contributed by atoms with E-state index in [0.29, 0.717) is 21.7 Å². The number of aromatic nitrogens is 2. The average Bonchev–Trinajstić information content (AvgIpc) is 2.62. The Hall–Kier alpha value is -1.78. The molecule has 0 fully saturated rings. The number of hydrogen-bond donors (Lipinski definition) is 0. The Morgan fingerprint density at radius 1 is 0.960 bits per heavy atom. The normalized spacial score (nSPS) is 11.8. The van der Waals surface area contributed by atoms with Crippen molar-refractivity contribution in [1.82, 2.24) is 9.97 Å². The number of nitrogens with zero attached hydrogens (tertiary/aromatic N) is 2. The van der Waals surface area contributed by atoms with Crippen molar-refractivity contribution in [2.75, 3.05) is 13.2 Å². The minimum Gasteiger partial charge on any atom is -0.304 e. The van der Waals surface area contributed by atoms with E-state index in [2.05, 4.69) is 9.97 Å². The lowest BCUT2D eigenvalue weighted by Gasteiger charge is -2.18. The van der Waals surface area contributed by atoms with Crippen molar-refractivity contribution in [2.24, 2.45) is 0 Å². The van der Waals surface area contributed by atoms with Crippen molar-refractivity contribution in [3.63, 3.8) is 0 Å². The Balaban J connectivity index is 2.25. The van der Waals surface area contributed by atoms with Gasteiger partial charge in [0.1, 0.15) is 0 Å². The Morgan fingerprint density at radius 2 is 1.60 bits per heavy atom. The van der Waals surface area contributed by atoms with Crippen LogP contribution >= 0.6 is 19.2 Å². The molecule has 7 heteroatoms. The number of benzene rings is 2. The van der Waals surface area contributed by atoms with Gasteiger partial charge in [0, 0.05) is 16.0 Å². The van der Waals surface area contributed by atoms with Crippen molar-refractivity contribution in [3.05, 3.63) is 53.6 Å². The average molecular weight is 377 g/mol. The van der Waals surface area contributed by atoms with Gasteiger partial charge in [0.15, 0.2) is 11.3 Å². The van der Waals surface area contributed by atoms with E-state index in [1.807, 2.05) is 36.4 Å². The van der Waals surface area contributed by atoms with Crippen molar-refractivity contribution in [2.45, 2.75) is 13.8 Å². The Bertz CT molecular complexity index is 921. The molecule has 0 unspecified atom stereocenters. The van der Waals surface area contributed by atoms with Gasteiger partial charge in [-0.3, -0.25) is 4.57 Å². The highest BCUT2D eigenvalue weighted by Gasteiger charge is 2.31. The molecule has 3 rings (SSSR count). The summed E-state index contributed by atoms with van der Waals surface area (Å²) in [5.41, 5.74) is 1.74. The monoisotopic (exact) mass is 376 g/mol. The minimum absolute atomic E-state index is 0.256. The molecule has 0 atom stereocenters. The maximum atomic E-state index is 13.3. The van der Waals surface area contributed by atoms with Crippen LogP contribution in [0, 0.1) is 0 Å². The van der Waals surface area contributed by atoms with Crippen LogP contribution in [0.1, 0.15) is 13.8 Å². The highest BCUT2D eigenvalue weighted by atomic mass is 35.5. The van der Waals surface area contributed by atoms with Gasteiger partial charge in [-0.15, -0.1) is 0 Å². The van der Waals surface area contributed by atoms with Gasteiger partial charge in [0.05, 0.1) is 18.7 Å². The molecule has 25 heavy (non-hydrogen) atoms. The first-order chi connectivity index (χ1) is 12.1. The molecule has 0 aliphatic carbocycles. The van der Waals surface area contributed by atoms with Crippen LogP contribution in [0.15, 0.2) is 48.5 Å². The topological polar surface area (TPSA) is 61.3 Å². The van der Waals surface area contributed by atoms with Crippen LogP contribution in [-0.2, 0) is 13.6 Å². The van der Waals surface area contributed by atoms with Crippen molar-refractivity contribution in [1.29, 1.82) is 0 Å². The second-order valence-corrected chi connectivity index (χ2v) is 7.60. The van der Waals surface area contributed by atoms with Crippen LogP contribution in [-0.4, -0.2) is 23.2 Å². The third-order valence-electron chi connectivity index (χ3n) is 3.54. The first kappa shape index (κ1) is 18.0. The van der Waals surface area contributed by atoms with E-state index >= 15 is 0 Å². The molecule has 0 aliphatic heterocycles. The van der Waals surface area contributed by atoms with Gasteiger partial charge in [-0.05, 0) is 44.2 Å². The lowest BCUT2D eigenvalue weighted by molar-refractivity contribution is 0.229. The van der Waals surface area contributed by atoms with Gasteiger partial charge in [0.2, 0.25) is 0 Å². The molecule has 1 aromatic heterocycles. The summed E-state index contributed by atoms with van der Waals surface area (Å²) in [5, 5.41) is 1.28.